The Balaban J connectivity index is 2.45. The molecule has 0 saturated heterocycles. The third-order valence-corrected chi connectivity index (χ3v) is 11.5. The van der Waals surface area contributed by atoms with E-state index in [1.54, 1.807) is 39.0 Å². The summed E-state index contributed by atoms with van der Waals surface area (Å²) in [5.41, 5.74) is 0.689. The van der Waals surface area contributed by atoms with Crippen molar-refractivity contribution < 1.29 is 35.2 Å². The fraction of sp³-hybridized carbons (Fsp3) is 0.400. The molecule has 9 nitrogen and oxygen atoms in total. The molecule has 1 unspecified atom stereocenters. The maximum absolute atomic E-state index is 14.6. The standard InChI is InChI=1S/C25H32NO8PS2/c1-5-16-33-35(28,34-17-6-2)25(26-36(29,30)7-3)18-23(24(27)21-10-8-9-11-22(21)25)37(31,32)20-14-12-19(4)13-15-20/h8-15,18,26H,5-7,16-17H2,1-4H3. The van der Waals surface area contributed by atoms with Gasteiger partial charge in [0.1, 0.15) is 4.91 Å². The SMILES string of the molecule is CCCOP(=O)(OCCC)C1(NS(=O)(=O)CC)C=C(S(=O)(=O)c2ccc(C)cc2)C(=O)c2ccccc21. The molecule has 1 aliphatic rings. The van der Waals surface area contributed by atoms with Gasteiger partial charge in [-0.25, -0.2) is 16.8 Å². The lowest BCUT2D eigenvalue weighted by Crippen LogP contribution is -2.49. The van der Waals surface area contributed by atoms with Crippen LogP contribution in [-0.2, 0) is 38.8 Å². The minimum atomic E-state index is -4.52. The van der Waals surface area contributed by atoms with Crippen LogP contribution in [0.2, 0.25) is 0 Å². The Morgan fingerprint density at radius 3 is 2.00 bits per heavy atom. The number of rotatable bonds is 12. The van der Waals surface area contributed by atoms with Gasteiger partial charge in [-0.1, -0.05) is 55.8 Å². The fourth-order valence-corrected chi connectivity index (χ4v) is 9.14. The molecule has 0 radical (unpaired) electrons. The molecule has 37 heavy (non-hydrogen) atoms. The largest absolute Gasteiger partial charge is 0.360 e. The summed E-state index contributed by atoms with van der Waals surface area (Å²) in [7, 11) is -13.1. The van der Waals surface area contributed by atoms with Gasteiger partial charge in [-0.2, -0.15) is 4.72 Å². The summed E-state index contributed by atoms with van der Waals surface area (Å²) in [6.45, 7) is 6.60. The molecule has 0 aromatic heterocycles. The van der Waals surface area contributed by atoms with Gasteiger partial charge in [-0.15, -0.1) is 0 Å². The lowest BCUT2D eigenvalue weighted by Gasteiger charge is -2.40. The third-order valence-electron chi connectivity index (χ3n) is 5.82. The zero-order valence-electron chi connectivity index (χ0n) is 21.3. The van der Waals surface area contributed by atoms with Crippen molar-refractivity contribution in [2.75, 3.05) is 19.0 Å². The monoisotopic (exact) mass is 569 g/mol. The van der Waals surface area contributed by atoms with Gasteiger partial charge in [-0.3, -0.25) is 9.36 Å². The smallest absolute Gasteiger partial charge is 0.307 e. The van der Waals surface area contributed by atoms with E-state index in [0.717, 1.165) is 11.6 Å². The topological polar surface area (TPSA) is 133 Å². The molecule has 1 atom stereocenters. The van der Waals surface area contributed by atoms with E-state index in [-0.39, 0.29) is 29.2 Å². The van der Waals surface area contributed by atoms with Crippen LogP contribution in [0.25, 0.3) is 0 Å². The predicted molar refractivity (Wildman–Crippen MR) is 142 cm³/mol. The van der Waals surface area contributed by atoms with E-state index in [9.17, 15) is 26.2 Å². The zero-order chi connectivity index (χ0) is 27.5. The van der Waals surface area contributed by atoms with Crippen LogP contribution in [-0.4, -0.2) is 41.6 Å². The molecule has 0 aliphatic heterocycles. The van der Waals surface area contributed by atoms with E-state index in [1.807, 2.05) is 0 Å². The number of allylic oxidation sites excluding steroid dienone is 1. The molecular formula is C25H32NO8PS2. The van der Waals surface area contributed by atoms with Crippen LogP contribution < -0.4 is 4.72 Å². The van der Waals surface area contributed by atoms with Gasteiger partial charge in [0, 0.05) is 11.1 Å². The highest BCUT2D eigenvalue weighted by Gasteiger charge is 2.58. The maximum Gasteiger partial charge on any atom is 0.360 e. The number of sulfonamides is 1. The van der Waals surface area contributed by atoms with Crippen molar-refractivity contribution in [3.05, 3.63) is 76.2 Å². The number of carbonyl (C=O) groups is 1. The summed E-state index contributed by atoms with van der Waals surface area (Å²) in [6, 6.07) is 11.7. The number of sulfone groups is 1. The molecule has 202 valence electrons. The van der Waals surface area contributed by atoms with E-state index in [4.69, 9.17) is 9.05 Å². The van der Waals surface area contributed by atoms with Crippen molar-refractivity contribution in [2.24, 2.45) is 0 Å². The summed E-state index contributed by atoms with van der Waals surface area (Å²) < 4.78 is 82.1. The highest BCUT2D eigenvalue weighted by atomic mass is 32.2. The summed E-state index contributed by atoms with van der Waals surface area (Å²) in [6.07, 6.45) is 1.76. The lowest BCUT2D eigenvalue weighted by atomic mass is 9.92. The van der Waals surface area contributed by atoms with Crippen molar-refractivity contribution in [1.29, 1.82) is 0 Å². The lowest BCUT2D eigenvalue weighted by molar-refractivity contribution is 0.103. The van der Waals surface area contributed by atoms with E-state index < -0.39 is 49.2 Å². The summed E-state index contributed by atoms with van der Waals surface area (Å²) in [5.74, 6) is -1.25. The Morgan fingerprint density at radius 2 is 1.46 bits per heavy atom. The molecule has 1 aliphatic carbocycles. The third kappa shape index (κ3) is 5.67. The van der Waals surface area contributed by atoms with Crippen molar-refractivity contribution in [3.63, 3.8) is 0 Å². The van der Waals surface area contributed by atoms with Gasteiger partial charge in [0.05, 0.1) is 23.9 Å². The van der Waals surface area contributed by atoms with Crippen LogP contribution in [0.3, 0.4) is 0 Å². The van der Waals surface area contributed by atoms with Crippen molar-refractivity contribution >= 4 is 33.2 Å². The number of Topliss-reactive ketones (excluding diaryl/α,β-unsaturated/α-hetero) is 1. The maximum atomic E-state index is 14.6. The molecule has 0 saturated carbocycles. The summed E-state index contributed by atoms with van der Waals surface area (Å²) in [4.78, 5) is 12.7. The van der Waals surface area contributed by atoms with Crippen LogP contribution in [0.15, 0.2) is 64.4 Å². The first-order valence-corrected chi connectivity index (χ1v) is 16.6. The molecule has 0 spiro atoms. The first-order valence-electron chi connectivity index (χ1n) is 12.0. The Morgan fingerprint density at radius 1 is 0.892 bits per heavy atom. The predicted octanol–water partition coefficient (Wildman–Crippen LogP) is 4.69. The molecule has 1 N–H and O–H groups in total. The quantitative estimate of drug-likeness (QED) is 0.364. The Hall–Kier alpha value is -2.14. The van der Waals surface area contributed by atoms with Gasteiger partial charge in [0.15, 0.2) is 5.28 Å². The second-order valence-corrected chi connectivity index (χ2v) is 14.8. The van der Waals surface area contributed by atoms with Crippen molar-refractivity contribution in [2.45, 2.75) is 50.7 Å². The van der Waals surface area contributed by atoms with Gasteiger partial charge in [-0.05, 0) is 44.9 Å². The first kappa shape index (κ1) is 29.4. The number of fused-ring (bicyclic) bond motifs is 1. The molecule has 12 heteroatoms. The molecule has 2 aromatic carbocycles. The second kappa shape index (κ2) is 11.3. The number of aryl methyl sites for hydroxylation is 1. The normalized spacial score (nSPS) is 18.4. The molecule has 0 heterocycles. The van der Waals surface area contributed by atoms with Crippen molar-refractivity contribution in [1.82, 2.24) is 4.72 Å². The molecule has 3 rings (SSSR count). The van der Waals surface area contributed by atoms with Crippen LogP contribution in [0, 0.1) is 6.92 Å². The van der Waals surface area contributed by atoms with E-state index in [2.05, 4.69) is 4.72 Å². The molecule has 0 bridgehead atoms. The average molecular weight is 570 g/mol. The van der Waals surface area contributed by atoms with E-state index >= 15 is 0 Å². The first-order chi connectivity index (χ1) is 17.4. The van der Waals surface area contributed by atoms with Gasteiger partial charge in [0.25, 0.3) is 0 Å². The number of hydrogen-bond donors (Lipinski definition) is 1. The van der Waals surface area contributed by atoms with Crippen LogP contribution in [0.4, 0.5) is 0 Å². The van der Waals surface area contributed by atoms with E-state index in [0.29, 0.717) is 12.8 Å². The molecule has 0 amide bonds. The number of benzene rings is 2. The highest BCUT2D eigenvalue weighted by Crippen LogP contribution is 2.66. The van der Waals surface area contributed by atoms with Gasteiger partial charge < -0.3 is 9.05 Å². The Bertz CT molecular complexity index is 1440. The fourth-order valence-electron chi connectivity index (χ4n) is 3.86. The molecule has 2 aromatic rings. The van der Waals surface area contributed by atoms with E-state index in [1.165, 1.54) is 37.3 Å². The summed E-state index contributed by atoms with van der Waals surface area (Å²) in [5, 5.41) is -2.30. The number of carbonyl (C=O) groups excluding carboxylic acids is 1. The minimum Gasteiger partial charge on any atom is -0.307 e. The number of ketones is 1. The van der Waals surface area contributed by atoms with Crippen LogP contribution in [0.1, 0.15) is 55.1 Å². The highest BCUT2D eigenvalue weighted by molar-refractivity contribution is 7.96. The molecule has 0 fully saturated rings. The Kier molecular flexibility index (Phi) is 8.99. The second-order valence-electron chi connectivity index (χ2n) is 8.64. The van der Waals surface area contributed by atoms with Crippen LogP contribution >= 0.6 is 7.60 Å². The Labute approximate surface area is 218 Å². The minimum absolute atomic E-state index is 0.00424. The van der Waals surface area contributed by atoms with Gasteiger partial charge >= 0.3 is 7.60 Å². The summed E-state index contributed by atoms with van der Waals surface area (Å²) >= 11 is 0. The molecular weight excluding hydrogens is 537 g/mol. The van der Waals surface area contributed by atoms with Gasteiger partial charge in [0.2, 0.25) is 25.6 Å². The number of nitrogens with one attached hydrogen (secondary N) is 1. The van der Waals surface area contributed by atoms with Crippen molar-refractivity contribution in [3.8, 4) is 0 Å². The van der Waals surface area contributed by atoms with Crippen LogP contribution in [0.5, 0.6) is 0 Å². The zero-order valence-corrected chi connectivity index (χ0v) is 23.8. The average Bonchev–Trinajstić information content (AvgIpc) is 2.88. The number of hydrogen-bond acceptors (Lipinski definition) is 8.